The van der Waals surface area contributed by atoms with Crippen molar-refractivity contribution in [1.29, 1.82) is 0 Å². The summed E-state index contributed by atoms with van der Waals surface area (Å²) in [6.07, 6.45) is 1.06. The number of rotatable bonds is 6. The molecule has 2 aromatic heterocycles. The number of aryl methyl sites for hydroxylation is 3. The third kappa shape index (κ3) is 3.97. The molecule has 4 aromatic carbocycles. The van der Waals surface area contributed by atoms with Crippen molar-refractivity contribution < 1.29 is 4.79 Å². The average Bonchev–Trinajstić information content (AvgIpc) is 3.23. The van der Waals surface area contributed by atoms with Gasteiger partial charge in [0, 0.05) is 57.8 Å². The van der Waals surface area contributed by atoms with E-state index < -0.39 is 0 Å². The Morgan fingerprint density at radius 3 is 2.16 bits per heavy atom. The van der Waals surface area contributed by atoms with E-state index >= 15 is 0 Å². The number of benzene rings is 4. The highest BCUT2D eigenvalue weighted by Crippen LogP contribution is 2.31. The normalized spacial score (nSPS) is 11.6. The Kier molecular flexibility index (Phi) is 5.76. The standard InChI is InChI=1S/C32H29N3O2/c1-3-34-27-11-6-4-9-23(27)25-20-22(15-17-29(25)34)33-31(36)13-8-18-35-28-12-7-5-10-24(28)32(37)26-19-21(2)14-16-30(26)35/h4-7,9-12,14-17,19-20H,3,8,13,18H2,1-2H3,(H,33,36). The molecule has 184 valence electrons. The molecule has 0 aliphatic carbocycles. The number of carbonyl (C=O) groups excluding carboxylic acids is 1. The summed E-state index contributed by atoms with van der Waals surface area (Å²) >= 11 is 0. The Morgan fingerprint density at radius 1 is 0.730 bits per heavy atom. The van der Waals surface area contributed by atoms with Crippen molar-refractivity contribution in [2.24, 2.45) is 0 Å². The highest BCUT2D eigenvalue weighted by atomic mass is 16.1. The fourth-order valence-corrected chi connectivity index (χ4v) is 5.58. The summed E-state index contributed by atoms with van der Waals surface area (Å²) in [5.41, 5.74) is 6.13. The number of nitrogens with one attached hydrogen (secondary N) is 1. The number of para-hydroxylation sites is 2. The summed E-state index contributed by atoms with van der Waals surface area (Å²) in [5.74, 6) is -0.0101. The molecule has 0 bridgehead atoms. The first-order valence-electron chi connectivity index (χ1n) is 12.9. The molecule has 0 aliphatic heterocycles. The van der Waals surface area contributed by atoms with Crippen LogP contribution in [0.1, 0.15) is 25.3 Å². The molecule has 1 amide bonds. The maximum Gasteiger partial charge on any atom is 0.224 e. The quantitative estimate of drug-likeness (QED) is 0.257. The van der Waals surface area contributed by atoms with E-state index in [9.17, 15) is 9.59 Å². The summed E-state index contributed by atoms with van der Waals surface area (Å²) in [7, 11) is 0. The van der Waals surface area contributed by atoms with Gasteiger partial charge in [0.1, 0.15) is 0 Å². The Labute approximate surface area is 214 Å². The number of aromatic nitrogens is 2. The molecule has 0 unspecified atom stereocenters. The van der Waals surface area contributed by atoms with Crippen LogP contribution in [0.15, 0.2) is 89.7 Å². The number of amides is 1. The van der Waals surface area contributed by atoms with Crippen LogP contribution in [-0.4, -0.2) is 15.0 Å². The van der Waals surface area contributed by atoms with Gasteiger partial charge in [-0.25, -0.2) is 0 Å². The van der Waals surface area contributed by atoms with E-state index in [2.05, 4.69) is 57.8 Å². The second-order valence-corrected chi connectivity index (χ2v) is 9.66. The third-order valence-electron chi connectivity index (χ3n) is 7.28. The van der Waals surface area contributed by atoms with Crippen molar-refractivity contribution >= 4 is 55.2 Å². The van der Waals surface area contributed by atoms with Crippen LogP contribution in [0.5, 0.6) is 0 Å². The number of carbonyl (C=O) groups is 1. The monoisotopic (exact) mass is 487 g/mol. The molecule has 0 radical (unpaired) electrons. The van der Waals surface area contributed by atoms with Gasteiger partial charge in [0.05, 0.1) is 11.0 Å². The van der Waals surface area contributed by atoms with Crippen LogP contribution in [0.2, 0.25) is 0 Å². The van der Waals surface area contributed by atoms with Crippen molar-refractivity contribution in [3.8, 4) is 0 Å². The van der Waals surface area contributed by atoms with E-state index in [4.69, 9.17) is 0 Å². The molecule has 0 saturated heterocycles. The fourth-order valence-electron chi connectivity index (χ4n) is 5.58. The molecule has 0 fully saturated rings. The summed E-state index contributed by atoms with van der Waals surface area (Å²) < 4.78 is 4.47. The Balaban J connectivity index is 1.24. The van der Waals surface area contributed by atoms with E-state index in [1.165, 1.54) is 16.4 Å². The second-order valence-electron chi connectivity index (χ2n) is 9.66. The molecule has 6 aromatic rings. The minimum Gasteiger partial charge on any atom is -0.341 e. The average molecular weight is 488 g/mol. The first-order valence-corrected chi connectivity index (χ1v) is 12.9. The molecule has 0 saturated carbocycles. The molecule has 37 heavy (non-hydrogen) atoms. The predicted octanol–water partition coefficient (Wildman–Crippen LogP) is 7.01. The van der Waals surface area contributed by atoms with Crippen LogP contribution in [0.25, 0.3) is 43.6 Å². The summed E-state index contributed by atoms with van der Waals surface area (Å²) in [6, 6.07) is 28.3. The molecular weight excluding hydrogens is 458 g/mol. The van der Waals surface area contributed by atoms with Crippen LogP contribution in [-0.2, 0) is 17.9 Å². The Hall–Kier alpha value is -4.38. The number of pyridine rings is 1. The highest BCUT2D eigenvalue weighted by molar-refractivity contribution is 6.09. The lowest BCUT2D eigenvalue weighted by Gasteiger charge is -2.15. The Bertz CT molecular complexity index is 1880. The van der Waals surface area contributed by atoms with Crippen LogP contribution in [0.3, 0.4) is 0 Å². The van der Waals surface area contributed by atoms with Crippen molar-refractivity contribution in [3.63, 3.8) is 0 Å². The van der Waals surface area contributed by atoms with Crippen LogP contribution in [0, 0.1) is 6.92 Å². The molecule has 0 atom stereocenters. The molecule has 0 spiro atoms. The Morgan fingerprint density at radius 2 is 1.38 bits per heavy atom. The van der Waals surface area contributed by atoms with Gasteiger partial charge in [0.2, 0.25) is 5.91 Å². The van der Waals surface area contributed by atoms with E-state index in [0.29, 0.717) is 24.8 Å². The summed E-state index contributed by atoms with van der Waals surface area (Å²) in [4.78, 5) is 26.0. The smallest absolute Gasteiger partial charge is 0.224 e. The number of hydrogen-bond acceptors (Lipinski definition) is 2. The topological polar surface area (TPSA) is 56.0 Å². The van der Waals surface area contributed by atoms with E-state index in [0.717, 1.165) is 39.6 Å². The van der Waals surface area contributed by atoms with Gasteiger partial charge >= 0.3 is 0 Å². The maximum atomic E-state index is 13.1. The number of hydrogen-bond donors (Lipinski definition) is 1. The van der Waals surface area contributed by atoms with Crippen molar-refractivity contribution in [2.45, 2.75) is 39.8 Å². The lowest BCUT2D eigenvalue weighted by atomic mass is 10.1. The molecule has 6 rings (SSSR count). The zero-order chi connectivity index (χ0) is 25.5. The van der Waals surface area contributed by atoms with Gasteiger partial charge in [-0.05, 0) is 68.8 Å². The predicted molar refractivity (Wildman–Crippen MR) is 153 cm³/mol. The molecule has 5 heteroatoms. The van der Waals surface area contributed by atoms with Gasteiger partial charge in [-0.2, -0.15) is 0 Å². The van der Waals surface area contributed by atoms with Gasteiger partial charge in [-0.3, -0.25) is 9.59 Å². The first-order chi connectivity index (χ1) is 18.0. The number of fused-ring (bicyclic) bond motifs is 5. The van der Waals surface area contributed by atoms with E-state index in [-0.39, 0.29) is 11.3 Å². The molecule has 1 N–H and O–H groups in total. The van der Waals surface area contributed by atoms with Crippen LogP contribution >= 0.6 is 0 Å². The zero-order valence-electron chi connectivity index (χ0n) is 21.1. The summed E-state index contributed by atoms with van der Waals surface area (Å²) in [5, 5.41) is 6.88. The lowest BCUT2D eigenvalue weighted by molar-refractivity contribution is -0.116. The number of anilines is 1. The number of nitrogens with zero attached hydrogens (tertiary/aromatic N) is 2. The molecule has 2 heterocycles. The first kappa shape index (κ1) is 23.0. The van der Waals surface area contributed by atoms with E-state index in [1.807, 2.05) is 55.5 Å². The molecule has 5 nitrogen and oxygen atoms in total. The third-order valence-corrected chi connectivity index (χ3v) is 7.28. The zero-order valence-corrected chi connectivity index (χ0v) is 21.1. The fraction of sp³-hybridized carbons (Fsp3) is 0.188. The largest absolute Gasteiger partial charge is 0.341 e. The van der Waals surface area contributed by atoms with Crippen molar-refractivity contribution in [1.82, 2.24) is 9.13 Å². The van der Waals surface area contributed by atoms with Gasteiger partial charge in [-0.15, -0.1) is 0 Å². The van der Waals surface area contributed by atoms with Gasteiger partial charge in [0.15, 0.2) is 5.43 Å². The minimum absolute atomic E-state index is 0.0101. The molecule has 0 aliphatic rings. The van der Waals surface area contributed by atoms with Crippen molar-refractivity contribution in [2.75, 3.05) is 5.32 Å². The molecular formula is C32H29N3O2. The van der Waals surface area contributed by atoms with Crippen molar-refractivity contribution in [3.05, 3.63) is 101 Å². The van der Waals surface area contributed by atoms with Crippen LogP contribution < -0.4 is 10.7 Å². The second kappa shape index (κ2) is 9.25. The van der Waals surface area contributed by atoms with Gasteiger partial charge in [0.25, 0.3) is 0 Å². The van der Waals surface area contributed by atoms with Gasteiger partial charge in [-0.1, -0.05) is 42.0 Å². The SMILES string of the molecule is CCn1c2ccccc2c2cc(NC(=O)CCCn3c4ccccc4c(=O)c4cc(C)ccc43)ccc21. The summed E-state index contributed by atoms with van der Waals surface area (Å²) in [6.45, 7) is 5.69. The van der Waals surface area contributed by atoms with Gasteiger partial charge < -0.3 is 14.5 Å². The van der Waals surface area contributed by atoms with E-state index in [1.54, 1.807) is 0 Å². The van der Waals surface area contributed by atoms with Crippen LogP contribution in [0.4, 0.5) is 5.69 Å². The maximum absolute atomic E-state index is 13.1. The highest BCUT2D eigenvalue weighted by Gasteiger charge is 2.13. The lowest BCUT2D eigenvalue weighted by Crippen LogP contribution is -2.15. The minimum atomic E-state index is -0.0101.